The summed E-state index contributed by atoms with van der Waals surface area (Å²) in [7, 11) is 1.20. The minimum Gasteiger partial charge on any atom is -0.476 e. The van der Waals surface area contributed by atoms with Crippen LogP contribution in [0, 0.1) is 0 Å². The highest BCUT2D eigenvalue weighted by Crippen LogP contribution is 2.30. The van der Waals surface area contributed by atoms with Gasteiger partial charge in [0.15, 0.2) is 5.69 Å². The number of urea groups is 1. The summed E-state index contributed by atoms with van der Waals surface area (Å²) < 4.78 is 38.2. The van der Waals surface area contributed by atoms with Gasteiger partial charge in [-0.15, -0.1) is 5.10 Å². The van der Waals surface area contributed by atoms with Crippen molar-refractivity contribution in [1.29, 1.82) is 0 Å². The van der Waals surface area contributed by atoms with Crippen LogP contribution in [0.3, 0.4) is 0 Å². The molecule has 3 N–H and O–H groups in total. The molecule has 0 aliphatic rings. The lowest BCUT2D eigenvalue weighted by atomic mass is 10.3. The van der Waals surface area contributed by atoms with E-state index >= 15 is 0 Å². The first-order valence-electron chi connectivity index (χ1n) is 4.92. The summed E-state index contributed by atoms with van der Waals surface area (Å²) in [4.78, 5) is 32.7. The van der Waals surface area contributed by atoms with Crippen molar-refractivity contribution in [3.63, 3.8) is 0 Å². The molecule has 1 heterocycles. The molecule has 1 aromatic heterocycles. The van der Waals surface area contributed by atoms with E-state index in [0.717, 1.165) is 0 Å². The maximum absolute atomic E-state index is 12.7. The predicted molar refractivity (Wildman–Crippen MR) is 54.6 cm³/mol. The summed E-state index contributed by atoms with van der Waals surface area (Å²) in [6, 6.07) is -0.929. The van der Waals surface area contributed by atoms with E-state index in [-0.39, 0.29) is 4.68 Å². The van der Waals surface area contributed by atoms with Crippen molar-refractivity contribution in [1.82, 2.24) is 25.6 Å². The number of carbonyl (C=O) groups excluding carboxylic acids is 2. The first-order chi connectivity index (χ1) is 9.16. The van der Waals surface area contributed by atoms with Crippen molar-refractivity contribution >= 4 is 17.9 Å². The number of carbonyl (C=O) groups is 3. The van der Waals surface area contributed by atoms with E-state index in [2.05, 4.69) is 10.3 Å². The molecule has 12 heteroatoms. The normalized spacial score (nSPS) is 11.0. The molecule has 0 radical (unpaired) electrons. The van der Waals surface area contributed by atoms with Crippen molar-refractivity contribution < 1.29 is 32.7 Å². The number of halogens is 3. The third-order valence-corrected chi connectivity index (χ3v) is 1.98. The Labute approximate surface area is 108 Å². The lowest BCUT2D eigenvalue weighted by Gasteiger charge is -2.09. The molecule has 0 aliphatic carbocycles. The van der Waals surface area contributed by atoms with Crippen LogP contribution < -0.4 is 10.6 Å². The van der Waals surface area contributed by atoms with Crippen LogP contribution in [0.15, 0.2) is 0 Å². The number of imide groups is 1. The maximum atomic E-state index is 12.7. The number of aromatic nitrogens is 3. The Morgan fingerprint density at radius 2 is 1.95 bits per heavy atom. The van der Waals surface area contributed by atoms with Crippen LogP contribution in [0.4, 0.5) is 18.0 Å². The lowest BCUT2D eigenvalue weighted by molar-refractivity contribution is -0.145. The van der Waals surface area contributed by atoms with Crippen LogP contribution in [0.1, 0.15) is 16.2 Å². The lowest BCUT2D eigenvalue weighted by Crippen LogP contribution is -2.39. The molecule has 9 nitrogen and oxygen atoms in total. The number of hydrogen-bond acceptors (Lipinski definition) is 5. The fraction of sp³-hybridized carbons (Fsp3) is 0.375. The smallest absolute Gasteiger partial charge is 0.435 e. The number of nitrogens with zero attached hydrogens (tertiary/aromatic N) is 3. The van der Waals surface area contributed by atoms with Gasteiger partial charge in [-0.1, -0.05) is 5.21 Å². The molecule has 0 saturated heterocycles. The highest BCUT2D eigenvalue weighted by molar-refractivity contribution is 5.94. The van der Waals surface area contributed by atoms with Crippen LogP contribution in [0.25, 0.3) is 0 Å². The number of alkyl halides is 3. The number of carboxylic acids is 1. The summed E-state index contributed by atoms with van der Waals surface area (Å²) in [6.45, 7) is -1.01. The fourth-order valence-electron chi connectivity index (χ4n) is 1.21. The van der Waals surface area contributed by atoms with Crippen molar-refractivity contribution in [2.75, 3.05) is 7.05 Å². The highest BCUT2D eigenvalue weighted by atomic mass is 19.4. The van der Waals surface area contributed by atoms with Crippen LogP contribution in [0.5, 0.6) is 0 Å². The summed E-state index contributed by atoms with van der Waals surface area (Å²) >= 11 is 0. The Morgan fingerprint density at radius 3 is 2.40 bits per heavy atom. The van der Waals surface area contributed by atoms with E-state index in [9.17, 15) is 27.6 Å². The van der Waals surface area contributed by atoms with Gasteiger partial charge >= 0.3 is 18.2 Å². The van der Waals surface area contributed by atoms with Crippen molar-refractivity contribution in [2.24, 2.45) is 0 Å². The van der Waals surface area contributed by atoms with Gasteiger partial charge in [-0.2, -0.15) is 13.2 Å². The van der Waals surface area contributed by atoms with Gasteiger partial charge in [0.1, 0.15) is 6.54 Å². The Hall–Kier alpha value is -2.66. The van der Waals surface area contributed by atoms with E-state index in [4.69, 9.17) is 5.11 Å². The Bertz CT molecular complexity index is 553. The topological polar surface area (TPSA) is 126 Å². The highest BCUT2D eigenvalue weighted by Gasteiger charge is 2.41. The molecule has 0 saturated carbocycles. The molecule has 3 amide bonds. The molecule has 1 aromatic rings. The number of nitrogens with one attached hydrogen (secondary N) is 2. The second-order valence-corrected chi connectivity index (χ2v) is 3.37. The maximum Gasteiger partial charge on any atom is 0.435 e. The second kappa shape index (κ2) is 5.54. The Balaban J connectivity index is 3.05. The molecule has 0 fully saturated rings. The number of carboxylic acid groups (broad SMARTS) is 1. The molecule has 110 valence electrons. The molecule has 1 rings (SSSR count). The predicted octanol–water partition coefficient (Wildman–Crippen LogP) is -0.549. The quantitative estimate of drug-likeness (QED) is 0.687. The first-order valence-corrected chi connectivity index (χ1v) is 4.92. The molecule has 0 bridgehead atoms. The summed E-state index contributed by atoms with van der Waals surface area (Å²) in [5, 5.41) is 18.1. The van der Waals surface area contributed by atoms with E-state index in [1.807, 2.05) is 5.32 Å². The third-order valence-electron chi connectivity index (χ3n) is 1.98. The van der Waals surface area contributed by atoms with Crippen LogP contribution >= 0.6 is 0 Å². The fourth-order valence-corrected chi connectivity index (χ4v) is 1.21. The summed E-state index contributed by atoms with van der Waals surface area (Å²) in [5.74, 6) is -3.05. The minimum atomic E-state index is -5.06. The van der Waals surface area contributed by atoms with Crippen molar-refractivity contribution in [2.45, 2.75) is 12.7 Å². The monoisotopic (exact) mass is 295 g/mol. The Kier molecular flexibility index (Phi) is 4.27. The number of amides is 3. The minimum absolute atomic E-state index is 0.0573. The molecule has 0 aliphatic heterocycles. The summed E-state index contributed by atoms with van der Waals surface area (Å²) in [5.41, 5.74) is -3.01. The molecule has 0 unspecified atom stereocenters. The van der Waals surface area contributed by atoms with E-state index in [1.54, 1.807) is 5.32 Å². The largest absolute Gasteiger partial charge is 0.476 e. The van der Waals surface area contributed by atoms with Gasteiger partial charge in [0.25, 0.3) is 0 Å². The molecule has 0 aromatic carbocycles. The SMILES string of the molecule is CNC(=O)NC(=O)Cn1nnc(C(=O)O)c1C(F)(F)F. The zero-order chi connectivity index (χ0) is 15.5. The average molecular weight is 295 g/mol. The molecule has 20 heavy (non-hydrogen) atoms. The van der Waals surface area contributed by atoms with E-state index in [0.29, 0.717) is 0 Å². The average Bonchev–Trinajstić information content (AvgIpc) is 2.72. The number of hydrogen-bond donors (Lipinski definition) is 3. The van der Waals surface area contributed by atoms with Crippen LogP contribution in [-0.4, -0.2) is 45.1 Å². The number of rotatable bonds is 3. The molecular weight excluding hydrogens is 287 g/mol. The second-order valence-electron chi connectivity index (χ2n) is 3.37. The zero-order valence-electron chi connectivity index (χ0n) is 9.85. The van der Waals surface area contributed by atoms with Gasteiger partial charge in [0.05, 0.1) is 0 Å². The zero-order valence-corrected chi connectivity index (χ0v) is 9.85. The molecule has 0 spiro atoms. The van der Waals surface area contributed by atoms with Crippen molar-refractivity contribution in [3.8, 4) is 0 Å². The molecule has 0 atom stereocenters. The summed E-state index contributed by atoms with van der Waals surface area (Å²) in [6.07, 6.45) is -5.06. The first kappa shape index (κ1) is 15.4. The van der Waals surface area contributed by atoms with Gasteiger partial charge in [0, 0.05) is 7.05 Å². The van der Waals surface area contributed by atoms with Gasteiger partial charge in [-0.05, 0) is 0 Å². The van der Waals surface area contributed by atoms with Gasteiger partial charge in [-0.3, -0.25) is 10.1 Å². The van der Waals surface area contributed by atoms with Gasteiger partial charge in [-0.25, -0.2) is 14.3 Å². The van der Waals surface area contributed by atoms with Crippen molar-refractivity contribution in [3.05, 3.63) is 11.4 Å². The third kappa shape index (κ3) is 3.43. The van der Waals surface area contributed by atoms with Gasteiger partial charge in [0.2, 0.25) is 11.6 Å². The van der Waals surface area contributed by atoms with Crippen LogP contribution in [-0.2, 0) is 17.5 Å². The van der Waals surface area contributed by atoms with E-state index in [1.165, 1.54) is 7.05 Å². The van der Waals surface area contributed by atoms with E-state index < -0.39 is 42.0 Å². The number of aromatic carboxylic acids is 1. The Morgan fingerprint density at radius 1 is 1.35 bits per heavy atom. The van der Waals surface area contributed by atoms with Crippen LogP contribution in [0.2, 0.25) is 0 Å². The standard InChI is InChI=1S/C8H8F3N5O4/c1-12-7(20)13-3(17)2-16-5(8(9,10)11)4(6(18)19)14-15-16/h2H2,1H3,(H,18,19)(H2,12,13,17,20). The molecular formula is C8H8F3N5O4. The van der Waals surface area contributed by atoms with Gasteiger partial charge < -0.3 is 10.4 Å².